The minimum atomic E-state index is -1.13. The van der Waals surface area contributed by atoms with Gasteiger partial charge in [0.2, 0.25) is 0 Å². The van der Waals surface area contributed by atoms with E-state index < -0.39 is 23.7 Å². The fourth-order valence-electron chi connectivity index (χ4n) is 3.54. The first-order valence-electron chi connectivity index (χ1n) is 8.72. The lowest BCUT2D eigenvalue weighted by atomic mass is 10.0. The van der Waals surface area contributed by atoms with Crippen LogP contribution in [0.4, 0.5) is 10.1 Å². The number of amides is 1. The maximum atomic E-state index is 13.4. The molecule has 1 amide bonds. The smallest absolute Gasteiger partial charge is 0.293 e. The number of anilines is 1. The number of halogens is 2. The minimum Gasteiger partial charge on any atom is -0.368 e. The molecular weight excluding hydrogens is 429 g/mol. The lowest BCUT2D eigenvalue weighted by molar-refractivity contribution is -0.116. The summed E-state index contributed by atoms with van der Waals surface area (Å²) in [7, 11) is 0. The summed E-state index contributed by atoms with van der Waals surface area (Å²) in [5.74, 6) is 0.418. The lowest BCUT2D eigenvalue weighted by Gasteiger charge is -2.18. The molecule has 8 heteroatoms. The lowest BCUT2D eigenvalue weighted by Crippen LogP contribution is -2.32. The molecule has 1 aromatic heterocycles. The van der Waals surface area contributed by atoms with Crippen molar-refractivity contribution in [2.75, 3.05) is 11.9 Å². The summed E-state index contributed by atoms with van der Waals surface area (Å²) in [6.07, 6.45) is 5.44. The number of hydrogen-bond acceptors (Lipinski definition) is 4. The van der Waals surface area contributed by atoms with Gasteiger partial charge in [-0.1, -0.05) is 5.92 Å². The van der Waals surface area contributed by atoms with Crippen molar-refractivity contribution in [2.24, 2.45) is 0 Å². The number of terminal acetylenes is 1. The van der Waals surface area contributed by atoms with Gasteiger partial charge in [0.1, 0.15) is 5.82 Å². The molecule has 1 unspecified atom stereocenters. The number of aromatic nitrogens is 1. The van der Waals surface area contributed by atoms with Crippen molar-refractivity contribution in [1.82, 2.24) is 9.88 Å². The van der Waals surface area contributed by atoms with Crippen molar-refractivity contribution in [3.8, 4) is 12.3 Å². The molecule has 6 nitrogen and oxygen atoms in total. The van der Waals surface area contributed by atoms with Crippen LogP contribution in [0.1, 0.15) is 40.0 Å². The minimum absolute atomic E-state index is 0.0316. The summed E-state index contributed by atoms with van der Waals surface area (Å²) in [5.41, 5.74) is 2.60. The Morgan fingerprint density at radius 3 is 2.89 bits per heavy atom. The normalized spacial score (nSPS) is 13.5. The maximum absolute atomic E-state index is 13.4. The van der Waals surface area contributed by atoms with Crippen LogP contribution in [-0.4, -0.2) is 27.9 Å². The van der Waals surface area contributed by atoms with E-state index in [1.165, 1.54) is 18.2 Å². The molecule has 28 heavy (non-hydrogen) atoms. The van der Waals surface area contributed by atoms with Gasteiger partial charge in [-0.15, -0.1) is 6.42 Å². The Bertz CT molecular complexity index is 994. The van der Waals surface area contributed by atoms with Gasteiger partial charge >= 0.3 is 0 Å². The van der Waals surface area contributed by atoms with E-state index in [1.54, 1.807) is 6.92 Å². The Morgan fingerprint density at radius 1 is 1.46 bits per heavy atom. The van der Waals surface area contributed by atoms with Crippen molar-refractivity contribution in [3.63, 3.8) is 0 Å². The molecule has 1 aliphatic rings. The molecule has 146 valence electrons. The summed E-state index contributed by atoms with van der Waals surface area (Å²) < 4.78 is 15.6. The molecule has 0 spiro atoms. The Morgan fingerprint density at radius 2 is 2.21 bits per heavy atom. The molecule has 2 heterocycles. The molecule has 3 N–H and O–H groups in total. The first-order chi connectivity index (χ1) is 13.3. The van der Waals surface area contributed by atoms with Gasteiger partial charge in [-0.25, -0.2) is 4.39 Å². The Labute approximate surface area is 170 Å². The van der Waals surface area contributed by atoms with E-state index in [-0.39, 0.29) is 11.0 Å². The number of hydrogen-bond donors (Lipinski definition) is 3. The molecule has 0 radical (unpaired) electrons. The average Bonchev–Trinajstić information content (AvgIpc) is 3.21. The molecular formula is C20H19BrFN3O3. The van der Waals surface area contributed by atoms with Crippen molar-refractivity contribution in [1.29, 1.82) is 0 Å². The second-order valence-corrected chi connectivity index (χ2v) is 7.33. The number of benzene rings is 1. The first kappa shape index (κ1) is 20.1. The van der Waals surface area contributed by atoms with E-state index in [0.29, 0.717) is 35.5 Å². The third-order valence-corrected chi connectivity index (χ3v) is 5.33. The topological polar surface area (TPSA) is 83.4 Å². The predicted molar refractivity (Wildman–Crippen MR) is 106 cm³/mol. The van der Waals surface area contributed by atoms with Crippen LogP contribution < -0.4 is 10.6 Å². The van der Waals surface area contributed by atoms with Crippen molar-refractivity contribution < 1.29 is 19.1 Å². The third-order valence-electron chi connectivity index (χ3n) is 4.73. The first-order valence-corrected chi connectivity index (χ1v) is 9.52. The Kier molecular flexibility index (Phi) is 5.87. The summed E-state index contributed by atoms with van der Waals surface area (Å²) in [6, 6.07) is 4.30. The van der Waals surface area contributed by atoms with Crippen LogP contribution in [0.15, 0.2) is 22.7 Å². The third kappa shape index (κ3) is 3.68. The van der Waals surface area contributed by atoms with Crippen LogP contribution in [0.2, 0.25) is 0 Å². The number of ketones is 1. The zero-order chi connectivity index (χ0) is 20.4. The fourth-order valence-corrected chi connectivity index (χ4v) is 3.92. The predicted octanol–water partition coefficient (Wildman–Crippen LogP) is 2.68. The van der Waals surface area contributed by atoms with Crippen LogP contribution >= 0.6 is 15.9 Å². The Balaban J connectivity index is 1.94. The van der Waals surface area contributed by atoms with Gasteiger partial charge in [0.15, 0.2) is 6.23 Å². The van der Waals surface area contributed by atoms with E-state index in [0.717, 1.165) is 12.1 Å². The quantitative estimate of drug-likeness (QED) is 0.275. The van der Waals surface area contributed by atoms with Gasteiger partial charge in [0.05, 0.1) is 22.3 Å². The number of fused-ring (bicyclic) bond motifs is 1. The van der Waals surface area contributed by atoms with Gasteiger partial charge < -0.3 is 20.3 Å². The molecule has 0 saturated heterocycles. The van der Waals surface area contributed by atoms with Crippen LogP contribution in [0.25, 0.3) is 0 Å². The molecule has 0 aliphatic carbocycles. The number of carbonyl (C=O) groups excluding carboxylic acids is 2. The Hall–Kier alpha value is -2.63. The fraction of sp³-hybridized carbons (Fsp3) is 0.300. The second kappa shape index (κ2) is 8.17. The highest BCUT2D eigenvalue weighted by Crippen LogP contribution is 2.33. The van der Waals surface area contributed by atoms with Gasteiger partial charge in [-0.05, 0) is 59.5 Å². The zero-order valence-electron chi connectivity index (χ0n) is 15.2. The maximum Gasteiger partial charge on any atom is 0.293 e. The molecule has 1 aromatic carbocycles. The largest absolute Gasteiger partial charge is 0.368 e. The number of nitrogens with one attached hydrogen (secondary N) is 2. The summed E-state index contributed by atoms with van der Waals surface area (Å²) in [6.45, 7) is 2.31. The summed E-state index contributed by atoms with van der Waals surface area (Å²) in [5, 5.41) is 16.1. The number of aliphatic hydroxyl groups is 1. The van der Waals surface area contributed by atoms with Gasteiger partial charge in [-0.2, -0.15) is 0 Å². The van der Waals surface area contributed by atoms with E-state index in [9.17, 15) is 19.1 Å². The zero-order valence-corrected chi connectivity index (χ0v) is 16.8. The van der Waals surface area contributed by atoms with Crippen LogP contribution in [0.5, 0.6) is 0 Å². The molecule has 0 fully saturated rings. The van der Waals surface area contributed by atoms with E-state index in [2.05, 4.69) is 32.5 Å². The van der Waals surface area contributed by atoms with Gasteiger partial charge in [0, 0.05) is 17.9 Å². The standard InChI is InChI=1S/C20H19BrFN3O3/c1-3-8-23-20(28)18(26)16-11(2)17(25-9-4-5-15(16)25)19(27)24-12-6-7-14(22)13(21)10-12/h1,6-7,10,19,24,27H,4-5,8-9H2,2H3,(H,23,28). The molecule has 1 aliphatic heterocycles. The molecule has 3 rings (SSSR count). The highest BCUT2D eigenvalue weighted by Gasteiger charge is 2.32. The summed E-state index contributed by atoms with van der Waals surface area (Å²) in [4.78, 5) is 24.8. The van der Waals surface area contributed by atoms with Crippen molar-refractivity contribution in [3.05, 3.63) is 51.0 Å². The van der Waals surface area contributed by atoms with Crippen molar-refractivity contribution in [2.45, 2.75) is 32.5 Å². The van der Waals surface area contributed by atoms with Crippen LogP contribution in [0, 0.1) is 25.1 Å². The van der Waals surface area contributed by atoms with Gasteiger partial charge in [0.25, 0.3) is 11.7 Å². The number of rotatable bonds is 6. The van der Waals surface area contributed by atoms with E-state index in [4.69, 9.17) is 6.42 Å². The highest BCUT2D eigenvalue weighted by molar-refractivity contribution is 9.10. The van der Waals surface area contributed by atoms with E-state index >= 15 is 0 Å². The second-order valence-electron chi connectivity index (χ2n) is 6.48. The van der Waals surface area contributed by atoms with E-state index in [1.807, 2.05) is 4.57 Å². The molecule has 0 saturated carbocycles. The monoisotopic (exact) mass is 447 g/mol. The van der Waals surface area contributed by atoms with Gasteiger partial charge in [-0.3, -0.25) is 9.59 Å². The summed E-state index contributed by atoms with van der Waals surface area (Å²) >= 11 is 3.11. The molecule has 0 bridgehead atoms. The number of carbonyl (C=O) groups is 2. The highest BCUT2D eigenvalue weighted by atomic mass is 79.9. The number of nitrogens with zero attached hydrogens (tertiary/aromatic N) is 1. The molecule has 1 atom stereocenters. The SMILES string of the molecule is C#CCNC(=O)C(=O)c1c(C)c(C(O)Nc2ccc(F)c(Br)c2)n2c1CCC2. The van der Waals surface area contributed by atoms with Crippen LogP contribution in [-0.2, 0) is 17.8 Å². The average molecular weight is 448 g/mol. The molecule has 2 aromatic rings. The number of Topliss-reactive ketones (excluding diaryl/α,β-unsaturated/α-hetero) is 1. The van der Waals surface area contributed by atoms with Crippen LogP contribution in [0.3, 0.4) is 0 Å². The number of aliphatic hydroxyl groups excluding tert-OH is 1. The van der Waals surface area contributed by atoms with Crippen molar-refractivity contribution >= 4 is 33.3 Å².